The molecular formula is C23H21F2N5O. The topological polar surface area (TPSA) is 71.8 Å². The van der Waals surface area contributed by atoms with Crippen LogP contribution in [0.4, 0.5) is 25.1 Å². The molecule has 0 saturated heterocycles. The van der Waals surface area contributed by atoms with Gasteiger partial charge in [-0.3, -0.25) is 10.3 Å². The molecule has 0 aliphatic heterocycles. The Morgan fingerprint density at radius 2 is 1.81 bits per heavy atom. The molecule has 2 heterocycles. The lowest BCUT2D eigenvalue weighted by Crippen LogP contribution is -2.22. The Kier molecular flexibility index (Phi) is 5.14. The first-order valence-corrected chi connectivity index (χ1v) is 9.70. The van der Waals surface area contributed by atoms with Crippen LogP contribution in [-0.2, 0) is 5.41 Å². The standard InChI is InChI=1S/C23H21F2N5O/c1-23(2,3)19-13-20(28-22(31)27-18-8-4-7-16(24)21(18)25)30(29-19)15-9-10-17-14(12-15)6-5-11-26-17/h4-13H,1-3H3,(H2,27,28,31). The number of fused-ring (bicyclic) bond motifs is 1. The average Bonchev–Trinajstić information content (AvgIpc) is 3.15. The van der Waals surface area contributed by atoms with Gasteiger partial charge in [-0.15, -0.1) is 0 Å². The van der Waals surface area contributed by atoms with E-state index in [1.165, 1.54) is 12.1 Å². The van der Waals surface area contributed by atoms with Crippen LogP contribution >= 0.6 is 0 Å². The molecule has 6 nitrogen and oxygen atoms in total. The van der Waals surface area contributed by atoms with Gasteiger partial charge >= 0.3 is 6.03 Å². The number of pyridine rings is 1. The molecular weight excluding hydrogens is 400 g/mol. The summed E-state index contributed by atoms with van der Waals surface area (Å²) >= 11 is 0. The smallest absolute Gasteiger partial charge is 0.305 e. The zero-order valence-corrected chi connectivity index (χ0v) is 17.3. The SMILES string of the molecule is CC(C)(C)c1cc(NC(=O)Nc2cccc(F)c2F)n(-c2ccc3ncccc3c2)n1. The molecule has 4 rings (SSSR count). The van der Waals surface area contributed by atoms with Crippen LogP contribution in [0.2, 0.25) is 0 Å². The lowest BCUT2D eigenvalue weighted by molar-refractivity contribution is 0.262. The highest BCUT2D eigenvalue weighted by atomic mass is 19.2. The Bertz CT molecular complexity index is 1280. The minimum atomic E-state index is -1.12. The summed E-state index contributed by atoms with van der Waals surface area (Å²) in [5, 5.41) is 10.6. The van der Waals surface area contributed by atoms with Crippen molar-refractivity contribution in [2.45, 2.75) is 26.2 Å². The summed E-state index contributed by atoms with van der Waals surface area (Å²) in [4.78, 5) is 16.9. The summed E-state index contributed by atoms with van der Waals surface area (Å²) < 4.78 is 29.0. The first-order valence-electron chi connectivity index (χ1n) is 9.70. The average molecular weight is 421 g/mol. The summed E-state index contributed by atoms with van der Waals surface area (Å²) in [6, 6.07) is 14.0. The van der Waals surface area contributed by atoms with Gasteiger partial charge in [-0.1, -0.05) is 32.9 Å². The molecule has 31 heavy (non-hydrogen) atoms. The van der Waals surface area contributed by atoms with Gasteiger partial charge in [-0.25, -0.2) is 18.3 Å². The molecule has 0 saturated carbocycles. The van der Waals surface area contributed by atoms with Crippen molar-refractivity contribution in [1.82, 2.24) is 14.8 Å². The summed E-state index contributed by atoms with van der Waals surface area (Å²) in [5.74, 6) is -1.77. The summed E-state index contributed by atoms with van der Waals surface area (Å²) in [6.07, 6.45) is 1.72. The fourth-order valence-corrected chi connectivity index (χ4v) is 3.10. The second-order valence-corrected chi connectivity index (χ2v) is 8.14. The normalized spacial score (nSPS) is 11.5. The molecule has 4 aromatic rings. The van der Waals surface area contributed by atoms with Crippen LogP contribution in [-0.4, -0.2) is 20.8 Å². The number of hydrogen-bond donors (Lipinski definition) is 2. The van der Waals surface area contributed by atoms with E-state index in [0.29, 0.717) is 5.82 Å². The van der Waals surface area contributed by atoms with E-state index in [1.54, 1.807) is 16.9 Å². The number of nitrogens with zero attached hydrogens (tertiary/aromatic N) is 3. The number of halogens is 2. The highest BCUT2D eigenvalue weighted by molar-refractivity contribution is 5.99. The van der Waals surface area contributed by atoms with Gasteiger partial charge in [0.05, 0.1) is 22.6 Å². The van der Waals surface area contributed by atoms with Crippen molar-refractivity contribution >= 4 is 28.4 Å². The summed E-state index contributed by atoms with van der Waals surface area (Å²) in [6.45, 7) is 6.03. The first kappa shape index (κ1) is 20.5. The summed E-state index contributed by atoms with van der Waals surface area (Å²) in [7, 11) is 0. The van der Waals surface area contributed by atoms with Crippen molar-refractivity contribution in [2.75, 3.05) is 10.6 Å². The second-order valence-electron chi connectivity index (χ2n) is 8.14. The Balaban J connectivity index is 1.70. The van der Waals surface area contributed by atoms with Crippen LogP contribution in [0.1, 0.15) is 26.5 Å². The maximum absolute atomic E-state index is 13.9. The number of nitrogens with one attached hydrogen (secondary N) is 2. The van der Waals surface area contributed by atoms with E-state index in [2.05, 4.69) is 20.7 Å². The molecule has 0 aliphatic rings. The van der Waals surface area contributed by atoms with E-state index < -0.39 is 17.7 Å². The molecule has 2 aromatic carbocycles. The Morgan fingerprint density at radius 1 is 1.00 bits per heavy atom. The number of carbonyl (C=O) groups is 1. The molecule has 0 spiro atoms. The van der Waals surface area contributed by atoms with Crippen molar-refractivity contribution in [1.29, 1.82) is 0 Å². The number of benzene rings is 2. The van der Waals surface area contributed by atoms with Gasteiger partial charge in [0.15, 0.2) is 11.6 Å². The molecule has 0 atom stereocenters. The molecule has 158 valence electrons. The highest BCUT2D eigenvalue weighted by Crippen LogP contribution is 2.27. The minimum Gasteiger partial charge on any atom is -0.305 e. The molecule has 0 aliphatic carbocycles. The van der Waals surface area contributed by atoms with Gasteiger partial charge in [0.2, 0.25) is 0 Å². The molecule has 0 fully saturated rings. The van der Waals surface area contributed by atoms with Gasteiger partial charge in [0.25, 0.3) is 0 Å². The molecule has 0 unspecified atom stereocenters. The molecule has 2 N–H and O–H groups in total. The van der Waals surface area contributed by atoms with E-state index in [0.717, 1.165) is 28.4 Å². The van der Waals surface area contributed by atoms with Crippen molar-refractivity contribution in [3.8, 4) is 5.69 Å². The fourth-order valence-electron chi connectivity index (χ4n) is 3.10. The second kappa shape index (κ2) is 7.79. The molecule has 2 amide bonds. The zero-order chi connectivity index (χ0) is 22.2. The number of urea groups is 1. The van der Waals surface area contributed by atoms with Gasteiger partial charge in [0.1, 0.15) is 5.82 Å². The third kappa shape index (κ3) is 4.23. The zero-order valence-electron chi connectivity index (χ0n) is 17.3. The van der Waals surface area contributed by atoms with Gasteiger partial charge in [-0.2, -0.15) is 5.10 Å². The Hall–Kier alpha value is -3.81. The Labute approximate surface area is 177 Å². The lowest BCUT2D eigenvalue weighted by atomic mass is 9.92. The van der Waals surface area contributed by atoms with Gasteiger partial charge in [0, 0.05) is 23.1 Å². The van der Waals surface area contributed by atoms with Gasteiger partial charge in [-0.05, 0) is 36.4 Å². The monoisotopic (exact) mass is 421 g/mol. The van der Waals surface area contributed by atoms with Crippen LogP contribution < -0.4 is 10.6 Å². The van der Waals surface area contributed by atoms with Crippen molar-refractivity contribution in [3.63, 3.8) is 0 Å². The number of amides is 2. The van der Waals surface area contributed by atoms with E-state index in [4.69, 9.17) is 0 Å². The number of aromatic nitrogens is 3. The fraction of sp³-hybridized carbons (Fsp3) is 0.174. The van der Waals surface area contributed by atoms with E-state index >= 15 is 0 Å². The third-order valence-corrected chi connectivity index (χ3v) is 4.75. The largest absolute Gasteiger partial charge is 0.324 e. The third-order valence-electron chi connectivity index (χ3n) is 4.75. The molecule has 0 bridgehead atoms. The lowest BCUT2D eigenvalue weighted by Gasteiger charge is -2.14. The number of anilines is 2. The number of rotatable bonds is 3. The van der Waals surface area contributed by atoms with Crippen molar-refractivity contribution < 1.29 is 13.6 Å². The molecule has 2 aromatic heterocycles. The molecule has 8 heteroatoms. The Morgan fingerprint density at radius 3 is 2.58 bits per heavy atom. The van der Waals surface area contributed by atoms with Crippen molar-refractivity contribution in [3.05, 3.63) is 78.1 Å². The van der Waals surface area contributed by atoms with Crippen LogP contribution in [0.15, 0.2) is 60.8 Å². The quantitative estimate of drug-likeness (QED) is 0.450. The highest BCUT2D eigenvalue weighted by Gasteiger charge is 2.22. The minimum absolute atomic E-state index is 0.253. The number of hydrogen-bond acceptors (Lipinski definition) is 3. The number of carbonyl (C=O) groups excluding carboxylic acids is 1. The maximum atomic E-state index is 13.9. The predicted molar refractivity (Wildman–Crippen MR) is 117 cm³/mol. The first-order chi connectivity index (χ1) is 14.7. The van der Waals surface area contributed by atoms with E-state index in [-0.39, 0.29) is 11.1 Å². The van der Waals surface area contributed by atoms with Crippen LogP contribution in [0.5, 0.6) is 0 Å². The molecule has 0 radical (unpaired) electrons. The summed E-state index contributed by atoms with van der Waals surface area (Å²) in [5.41, 5.74) is 1.79. The van der Waals surface area contributed by atoms with E-state index in [1.807, 2.05) is 51.1 Å². The van der Waals surface area contributed by atoms with Gasteiger partial charge < -0.3 is 5.32 Å². The van der Waals surface area contributed by atoms with Crippen LogP contribution in [0, 0.1) is 11.6 Å². The van der Waals surface area contributed by atoms with Crippen LogP contribution in [0.3, 0.4) is 0 Å². The van der Waals surface area contributed by atoms with E-state index in [9.17, 15) is 13.6 Å². The van der Waals surface area contributed by atoms with Crippen molar-refractivity contribution in [2.24, 2.45) is 0 Å². The predicted octanol–water partition coefficient (Wildman–Crippen LogP) is 5.64. The maximum Gasteiger partial charge on any atom is 0.324 e. The van der Waals surface area contributed by atoms with Crippen LogP contribution in [0.25, 0.3) is 16.6 Å².